The summed E-state index contributed by atoms with van der Waals surface area (Å²) in [5, 5.41) is 0. The minimum atomic E-state index is 0.545. The summed E-state index contributed by atoms with van der Waals surface area (Å²) in [6.45, 7) is 6.54. The Morgan fingerprint density at radius 3 is 2.50 bits per heavy atom. The minimum Gasteiger partial charge on any atom is -0.300 e. The van der Waals surface area contributed by atoms with Crippen molar-refractivity contribution in [2.75, 3.05) is 6.54 Å². The first-order chi connectivity index (χ1) is 5.88. The zero-order valence-corrected chi connectivity index (χ0v) is 7.53. The number of benzene rings is 1. The van der Waals surface area contributed by atoms with E-state index in [0.717, 1.165) is 13.0 Å². The highest BCUT2D eigenvalue weighted by atomic mass is 14.7. The van der Waals surface area contributed by atoms with Crippen molar-refractivity contribution in [3.05, 3.63) is 35.9 Å². The van der Waals surface area contributed by atoms with Gasteiger partial charge in [0.1, 0.15) is 0 Å². The molecule has 0 amide bonds. The van der Waals surface area contributed by atoms with Crippen LogP contribution in [0.15, 0.2) is 35.3 Å². The lowest BCUT2D eigenvalue weighted by Gasteiger charge is -2.11. The number of hydrogen-bond acceptors (Lipinski definition) is 1. The summed E-state index contributed by atoms with van der Waals surface area (Å²) in [6, 6.07) is 10.5. The Hall–Kier alpha value is -1.11. The topological polar surface area (TPSA) is 12.4 Å². The first-order valence-electron chi connectivity index (χ1n) is 4.36. The fourth-order valence-electron chi connectivity index (χ4n) is 1.35. The molecule has 0 heterocycles. The summed E-state index contributed by atoms with van der Waals surface area (Å²) >= 11 is 0. The lowest BCUT2D eigenvalue weighted by atomic mass is 9.97. The first kappa shape index (κ1) is 8.98. The van der Waals surface area contributed by atoms with E-state index in [-0.39, 0.29) is 0 Å². The molecular formula is C11H15N. The molecule has 0 saturated heterocycles. The maximum Gasteiger partial charge on any atom is 0.0450 e. The molecule has 0 fully saturated rings. The van der Waals surface area contributed by atoms with E-state index < -0.39 is 0 Å². The standard InChI is InChI=1S/C11H15N/c1-3-10(9-12-2)11-7-5-4-6-8-11/h4-8,10H,2-3,9H2,1H3/t10-/m1/s1. The van der Waals surface area contributed by atoms with Crippen LogP contribution in [0.2, 0.25) is 0 Å². The Balaban J connectivity index is 2.72. The Kier molecular flexibility index (Phi) is 3.52. The molecule has 0 N–H and O–H groups in total. The van der Waals surface area contributed by atoms with Crippen LogP contribution in [0.3, 0.4) is 0 Å². The van der Waals surface area contributed by atoms with E-state index in [9.17, 15) is 0 Å². The van der Waals surface area contributed by atoms with Crippen LogP contribution in [0.5, 0.6) is 0 Å². The molecule has 1 aromatic carbocycles. The summed E-state index contributed by atoms with van der Waals surface area (Å²) in [4.78, 5) is 3.93. The third kappa shape index (κ3) is 2.19. The van der Waals surface area contributed by atoms with Gasteiger partial charge >= 0.3 is 0 Å². The van der Waals surface area contributed by atoms with Crippen LogP contribution in [0.1, 0.15) is 24.8 Å². The number of nitrogens with zero attached hydrogens (tertiary/aromatic N) is 1. The van der Waals surface area contributed by atoms with Gasteiger partial charge in [-0.1, -0.05) is 37.3 Å². The van der Waals surface area contributed by atoms with Crippen LogP contribution in [0.4, 0.5) is 0 Å². The molecular weight excluding hydrogens is 146 g/mol. The SMILES string of the molecule is C=NC[C@@H](CC)c1ccccc1. The quantitative estimate of drug-likeness (QED) is 0.602. The molecule has 0 aliphatic heterocycles. The maximum atomic E-state index is 3.93. The Labute approximate surface area is 74.2 Å². The van der Waals surface area contributed by atoms with Gasteiger partial charge in [0.2, 0.25) is 0 Å². The molecule has 0 aromatic heterocycles. The fraction of sp³-hybridized carbons (Fsp3) is 0.364. The molecule has 0 saturated carbocycles. The third-order valence-corrected chi connectivity index (χ3v) is 2.11. The van der Waals surface area contributed by atoms with Crippen molar-refractivity contribution < 1.29 is 0 Å². The highest BCUT2D eigenvalue weighted by Crippen LogP contribution is 2.18. The second kappa shape index (κ2) is 4.70. The Morgan fingerprint density at radius 1 is 1.33 bits per heavy atom. The molecule has 0 unspecified atom stereocenters. The van der Waals surface area contributed by atoms with Crippen molar-refractivity contribution in [1.82, 2.24) is 0 Å². The Bertz CT molecular complexity index is 228. The Morgan fingerprint density at radius 2 is 2.00 bits per heavy atom. The van der Waals surface area contributed by atoms with E-state index in [1.54, 1.807) is 0 Å². The van der Waals surface area contributed by atoms with Crippen molar-refractivity contribution in [2.45, 2.75) is 19.3 Å². The van der Waals surface area contributed by atoms with Crippen LogP contribution in [0.25, 0.3) is 0 Å². The van der Waals surface area contributed by atoms with Crippen molar-refractivity contribution >= 4 is 6.72 Å². The van der Waals surface area contributed by atoms with Gasteiger partial charge in [-0.2, -0.15) is 0 Å². The molecule has 64 valence electrons. The van der Waals surface area contributed by atoms with Crippen LogP contribution in [0, 0.1) is 0 Å². The molecule has 0 spiro atoms. The van der Waals surface area contributed by atoms with Gasteiger partial charge in [-0.25, -0.2) is 0 Å². The normalized spacial score (nSPS) is 12.4. The third-order valence-electron chi connectivity index (χ3n) is 2.11. The molecule has 0 aliphatic rings. The van der Waals surface area contributed by atoms with Gasteiger partial charge in [-0.05, 0) is 18.7 Å². The molecule has 1 rings (SSSR count). The summed E-state index contributed by atoms with van der Waals surface area (Å²) < 4.78 is 0. The molecule has 0 radical (unpaired) electrons. The summed E-state index contributed by atoms with van der Waals surface area (Å²) in [6.07, 6.45) is 1.13. The molecule has 1 heteroatoms. The smallest absolute Gasteiger partial charge is 0.0450 e. The summed E-state index contributed by atoms with van der Waals surface area (Å²) in [5.41, 5.74) is 1.37. The second-order valence-corrected chi connectivity index (χ2v) is 2.92. The molecule has 12 heavy (non-hydrogen) atoms. The molecule has 0 aliphatic carbocycles. The van der Waals surface area contributed by atoms with Gasteiger partial charge in [0.05, 0.1) is 0 Å². The average Bonchev–Trinajstić information content (AvgIpc) is 2.15. The predicted octanol–water partition coefficient (Wildman–Crippen LogP) is 2.88. The van der Waals surface area contributed by atoms with E-state index in [1.807, 2.05) is 6.07 Å². The van der Waals surface area contributed by atoms with Crippen molar-refractivity contribution in [3.63, 3.8) is 0 Å². The summed E-state index contributed by atoms with van der Waals surface area (Å²) in [5.74, 6) is 0.545. The van der Waals surface area contributed by atoms with Gasteiger partial charge in [0.25, 0.3) is 0 Å². The number of aliphatic imine (C=N–C) groups is 1. The van der Waals surface area contributed by atoms with Crippen molar-refractivity contribution in [1.29, 1.82) is 0 Å². The number of hydrogen-bond donors (Lipinski definition) is 0. The molecule has 1 nitrogen and oxygen atoms in total. The van der Waals surface area contributed by atoms with Crippen molar-refractivity contribution in [3.8, 4) is 0 Å². The predicted molar refractivity (Wildman–Crippen MR) is 53.9 cm³/mol. The maximum absolute atomic E-state index is 3.93. The average molecular weight is 161 g/mol. The van der Waals surface area contributed by atoms with E-state index in [1.165, 1.54) is 5.56 Å². The zero-order valence-electron chi connectivity index (χ0n) is 7.53. The molecule has 1 atom stereocenters. The van der Waals surface area contributed by atoms with Crippen LogP contribution < -0.4 is 0 Å². The largest absolute Gasteiger partial charge is 0.300 e. The minimum absolute atomic E-state index is 0.545. The van der Waals surface area contributed by atoms with Gasteiger partial charge in [0.15, 0.2) is 0 Å². The highest BCUT2D eigenvalue weighted by Gasteiger charge is 2.05. The summed E-state index contributed by atoms with van der Waals surface area (Å²) in [7, 11) is 0. The lowest BCUT2D eigenvalue weighted by molar-refractivity contribution is 0.678. The molecule has 0 bridgehead atoms. The van der Waals surface area contributed by atoms with Gasteiger partial charge in [0, 0.05) is 12.5 Å². The van der Waals surface area contributed by atoms with Crippen molar-refractivity contribution in [2.24, 2.45) is 4.99 Å². The van der Waals surface area contributed by atoms with Gasteiger partial charge in [-0.15, -0.1) is 0 Å². The monoisotopic (exact) mass is 161 g/mol. The van der Waals surface area contributed by atoms with E-state index >= 15 is 0 Å². The molecule has 1 aromatic rings. The van der Waals surface area contributed by atoms with E-state index in [2.05, 4.69) is 42.9 Å². The van der Waals surface area contributed by atoms with Crippen LogP contribution >= 0.6 is 0 Å². The van der Waals surface area contributed by atoms with Crippen LogP contribution in [-0.2, 0) is 0 Å². The van der Waals surface area contributed by atoms with E-state index in [0.29, 0.717) is 5.92 Å². The van der Waals surface area contributed by atoms with Gasteiger partial charge < -0.3 is 4.99 Å². The van der Waals surface area contributed by atoms with Crippen LogP contribution in [-0.4, -0.2) is 13.3 Å². The zero-order chi connectivity index (χ0) is 8.81. The fourth-order valence-corrected chi connectivity index (χ4v) is 1.35. The van der Waals surface area contributed by atoms with E-state index in [4.69, 9.17) is 0 Å². The highest BCUT2D eigenvalue weighted by molar-refractivity contribution is 5.25. The van der Waals surface area contributed by atoms with Gasteiger partial charge in [-0.3, -0.25) is 0 Å². The lowest BCUT2D eigenvalue weighted by Crippen LogP contribution is -2.00. The first-order valence-corrected chi connectivity index (χ1v) is 4.36. The number of rotatable bonds is 4. The second-order valence-electron chi connectivity index (χ2n) is 2.92.